The molecule has 0 heterocycles. The Morgan fingerprint density at radius 3 is 2.56 bits per heavy atom. The van der Waals surface area contributed by atoms with E-state index in [1.165, 1.54) is 0 Å². The number of nitrogens with two attached hydrogens (primary N) is 1. The van der Waals surface area contributed by atoms with Crippen LogP contribution >= 0.6 is 11.8 Å². The molecule has 0 aromatic heterocycles. The Morgan fingerprint density at radius 2 is 1.94 bits per heavy atom. The Balaban J connectivity index is 2.55. The third-order valence-electron chi connectivity index (χ3n) is 2.29. The van der Waals surface area contributed by atoms with E-state index in [1.807, 2.05) is 36.0 Å². The topological polar surface area (TPSA) is 35.2 Å². The van der Waals surface area contributed by atoms with E-state index in [4.69, 9.17) is 10.5 Å². The van der Waals surface area contributed by atoms with E-state index in [0.29, 0.717) is 0 Å². The third-order valence-corrected chi connectivity index (χ3v) is 3.78. The third kappa shape index (κ3) is 4.06. The summed E-state index contributed by atoms with van der Waals surface area (Å²) >= 11 is 1.90. The molecule has 0 spiro atoms. The van der Waals surface area contributed by atoms with Gasteiger partial charge in [0.05, 0.1) is 7.11 Å². The molecule has 3 heteroatoms. The summed E-state index contributed by atoms with van der Waals surface area (Å²) in [5.41, 5.74) is 7.26. The molecule has 0 fully saturated rings. The Kier molecular flexibility index (Phi) is 5.71. The fraction of sp³-hybridized carbons (Fsp3) is 0.538. The highest BCUT2D eigenvalue weighted by atomic mass is 32.2. The van der Waals surface area contributed by atoms with Gasteiger partial charge in [-0.2, -0.15) is 11.8 Å². The van der Waals surface area contributed by atoms with Gasteiger partial charge in [-0.25, -0.2) is 0 Å². The second kappa shape index (κ2) is 6.81. The van der Waals surface area contributed by atoms with Crippen molar-refractivity contribution in [2.45, 2.75) is 19.9 Å². The van der Waals surface area contributed by atoms with Gasteiger partial charge in [0.1, 0.15) is 5.75 Å². The first-order valence-electron chi connectivity index (χ1n) is 5.61. The van der Waals surface area contributed by atoms with Gasteiger partial charge in [-0.1, -0.05) is 32.0 Å². The lowest BCUT2D eigenvalue weighted by atomic mass is 10.1. The highest BCUT2D eigenvalue weighted by Crippen LogP contribution is 2.25. The number of hydrogen-bond acceptors (Lipinski definition) is 3. The standard InChI is InChI=1S/C13H21NOS/c1-10(2)8-16-9-12(14)11-6-4-5-7-13(11)15-3/h4-7,10,12H,8-9,14H2,1-3H3. The molecule has 0 aliphatic heterocycles. The maximum Gasteiger partial charge on any atom is 0.123 e. The number of benzene rings is 1. The molecule has 90 valence electrons. The fourth-order valence-corrected chi connectivity index (χ4v) is 2.53. The van der Waals surface area contributed by atoms with E-state index in [9.17, 15) is 0 Å². The van der Waals surface area contributed by atoms with E-state index in [1.54, 1.807) is 7.11 Å². The minimum atomic E-state index is 0.0555. The van der Waals surface area contributed by atoms with Crippen LogP contribution in [-0.4, -0.2) is 18.6 Å². The molecule has 1 unspecified atom stereocenters. The van der Waals surface area contributed by atoms with Crippen molar-refractivity contribution < 1.29 is 4.74 Å². The molecular formula is C13H21NOS. The second-order valence-electron chi connectivity index (χ2n) is 4.28. The van der Waals surface area contributed by atoms with Crippen LogP contribution in [0.4, 0.5) is 0 Å². The van der Waals surface area contributed by atoms with E-state index >= 15 is 0 Å². The largest absolute Gasteiger partial charge is 0.496 e. The number of ether oxygens (including phenoxy) is 1. The number of thioether (sulfide) groups is 1. The zero-order valence-corrected chi connectivity index (χ0v) is 11.1. The van der Waals surface area contributed by atoms with Crippen LogP contribution < -0.4 is 10.5 Å². The first kappa shape index (κ1) is 13.4. The fourth-order valence-electron chi connectivity index (χ4n) is 1.49. The van der Waals surface area contributed by atoms with Crippen molar-refractivity contribution in [1.82, 2.24) is 0 Å². The molecule has 0 saturated carbocycles. The lowest BCUT2D eigenvalue weighted by Crippen LogP contribution is -2.14. The average Bonchev–Trinajstić information content (AvgIpc) is 2.28. The molecule has 0 aliphatic carbocycles. The molecular weight excluding hydrogens is 218 g/mol. The Hall–Kier alpha value is -0.670. The maximum atomic E-state index is 6.16. The van der Waals surface area contributed by atoms with Crippen LogP contribution in [0, 0.1) is 5.92 Å². The first-order chi connectivity index (χ1) is 7.65. The van der Waals surface area contributed by atoms with Crippen LogP contribution in [0.3, 0.4) is 0 Å². The van der Waals surface area contributed by atoms with Gasteiger partial charge in [-0.05, 0) is 17.7 Å². The monoisotopic (exact) mass is 239 g/mol. The highest BCUT2D eigenvalue weighted by Gasteiger charge is 2.11. The van der Waals surface area contributed by atoms with Crippen molar-refractivity contribution in [2.75, 3.05) is 18.6 Å². The van der Waals surface area contributed by atoms with Gasteiger partial charge in [-0.3, -0.25) is 0 Å². The molecule has 2 nitrogen and oxygen atoms in total. The van der Waals surface area contributed by atoms with Gasteiger partial charge in [0.25, 0.3) is 0 Å². The maximum absolute atomic E-state index is 6.16. The van der Waals surface area contributed by atoms with Crippen LogP contribution in [-0.2, 0) is 0 Å². The normalized spacial score (nSPS) is 12.8. The zero-order chi connectivity index (χ0) is 12.0. The van der Waals surface area contributed by atoms with Crippen molar-refractivity contribution in [3.63, 3.8) is 0 Å². The molecule has 16 heavy (non-hydrogen) atoms. The molecule has 0 saturated heterocycles. The van der Waals surface area contributed by atoms with Crippen molar-refractivity contribution in [3.05, 3.63) is 29.8 Å². The Bertz CT molecular complexity index is 315. The molecule has 1 aromatic rings. The van der Waals surface area contributed by atoms with Gasteiger partial charge < -0.3 is 10.5 Å². The van der Waals surface area contributed by atoms with E-state index in [0.717, 1.165) is 28.7 Å². The number of para-hydroxylation sites is 1. The predicted molar refractivity (Wildman–Crippen MR) is 72.1 cm³/mol. The van der Waals surface area contributed by atoms with Crippen molar-refractivity contribution >= 4 is 11.8 Å². The summed E-state index contributed by atoms with van der Waals surface area (Å²) in [6, 6.07) is 8.03. The molecule has 0 bridgehead atoms. The molecule has 2 N–H and O–H groups in total. The highest BCUT2D eigenvalue weighted by molar-refractivity contribution is 7.99. The Labute approximate surface area is 103 Å². The van der Waals surface area contributed by atoms with E-state index < -0.39 is 0 Å². The minimum Gasteiger partial charge on any atom is -0.496 e. The molecule has 1 aromatic carbocycles. The van der Waals surface area contributed by atoms with E-state index in [2.05, 4.69) is 13.8 Å². The molecule has 0 amide bonds. The molecule has 0 radical (unpaired) electrons. The molecule has 1 rings (SSSR count). The van der Waals surface area contributed by atoms with Crippen molar-refractivity contribution in [2.24, 2.45) is 11.7 Å². The number of hydrogen-bond donors (Lipinski definition) is 1. The lowest BCUT2D eigenvalue weighted by Gasteiger charge is -2.15. The zero-order valence-electron chi connectivity index (χ0n) is 10.3. The summed E-state index contributed by atoms with van der Waals surface area (Å²) in [5, 5.41) is 0. The average molecular weight is 239 g/mol. The van der Waals surface area contributed by atoms with Crippen LogP contribution in [0.15, 0.2) is 24.3 Å². The smallest absolute Gasteiger partial charge is 0.123 e. The van der Waals surface area contributed by atoms with Crippen LogP contribution in [0.1, 0.15) is 25.5 Å². The van der Waals surface area contributed by atoms with Crippen molar-refractivity contribution in [1.29, 1.82) is 0 Å². The summed E-state index contributed by atoms with van der Waals surface area (Å²) in [6.45, 7) is 4.45. The quantitative estimate of drug-likeness (QED) is 0.828. The SMILES string of the molecule is COc1ccccc1C(N)CSCC(C)C. The summed E-state index contributed by atoms with van der Waals surface area (Å²) in [6.07, 6.45) is 0. The molecule has 0 aliphatic rings. The molecule has 1 atom stereocenters. The first-order valence-corrected chi connectivity index (χ1v) is 6.76. The summed E-state index contributed by atoms with van der Waals surface area (Å²) < 4.78 is 5.30. The van der Waals surface area contributed by atoms with Crippen LogP contribution in [0.25, 0.3) is 0 Å². The number of methoxy groups -OCH3 is 1. The summed E-state index contributed by atoms with van der Waals surface area (Å²) in [5.74, 6) is 3.71. The van der Waals surface area contributed by atoms with Crippen LogP contribution in [0.2, 0.25) is 0 Å². The van der Waals surface area contributed by atoms with Gasteiger partial charge in [0.15, 0.2) is 0 Å². The van der Waals surface area contributed by atoms with Gasteiger partial charge >= 0.3 is 0 Å². The summed E-state index contributed by atoms with van der Waals surface area (Å²) in [7, 11) is 1.69. The second-order valence-corrected chi connectivity index (χ2v) is 5.35. The lowest BCUT2D eigenvalue weighted by molar-refractivity contribution is 0.407. The van der Waals surface area contributed by atoms with Gasteiger partial charge in [-0.15, -0.1) is 0 Å². The number of rotatable bonds is 6. The predicted octanol–water partition coefficient (Wildman–Crippen LogP) is 3.08. The van der Waals surface area contributed by atoms with Gasteiger partial charge in [0, 0.05) is 17.4 Å². The van der Waals surface area contributed by atoms with E-state index in [-0.39, 0.29) is 6.04 Å². The summed E-state index contributed by atoms with van der Waals surface area (Å²) in [4.78, 5) is 0. The van der Waals surface area contributed by atoms with Crippen molar-refractivity contribution in [3.8, 4) is 5.75 Å². The van der Waals surface area contributed by atoms with Gasteiger partial charge in [0.2, 0.25) is 0 Å². The minimum absolute atomic E-state index is 0.0555. The Morgan fingerprint density at radius 1 is 1.25 bits per heavy atom. The van der Waals surface area contributed by atoms with Crippen LogP contribution in [0.5, 0.6) is 5.75 Å².